The fraction of sp³-hybridized carbons (Fsp3) is 0.250. The largest absolute Gasteiger partial charge is 0.396 e. The van der Waals surface area contributed by atoms with E-state index >= 15 is 0 Å². The number of thioether (sulfide) groups is 1. The molecule has 1 amide bonds. The minimum absolute atomic E-state index is 0.0204. The number of fused-ring (bicyclic) bond motifs is 1. The first-order valence-corrected chi connectivity index (χ1v) is 9.61. The van der Waals surface area contributed by atoms with E-state index in [0.29, 0.717) is 29.0 Å². The van der Waals surface area contributed by atoms with Gasteiger partial charge in [-0.25, -0.2) is 4.98 Å². The average molecular weight is 383 g/mol. The quantitative estimate of drug-likeness (QED) is 0.484. The number of hydrogen-bond donors (Lipinski definition) is 2. The summed E-state index contributed by atoms with van der Waals surface area (Å²) in [4.78, 5) is 29.9. The smallest absolute Gasteiger partial charge is 0.262 e. The van der Waals surface area contributed by atoms with E-state index in [1.54, 1.807) is 25.1 Å². The third-order valence-corrected chi connectivity index (χ3v) is 5.15. The molecule has 0 aliphatic carbocycles. The van der Waals surface area contributed by atoms with Crippen molar-refractivity contribution < 1.29 is 9.90 Å². The molecule has 0 aliphatic rings. The van der Waals surface area contributed by atoms with Crippen LogP contribution in [0.4, 0.5) is 5.69 Å². The number of hydrogen-bond acceptors (Lipinski definition) is 5. The van der Waals surface area contributed by atoms with Gasteiger partial charge < -0.3 is 10.4 Å². The van der Waals surface area contributed by atoms with Crippen molar-refractivity contribution in [3.8, 4) is 0 Å². The molecule has 0 aliphatic heterocycles. The number of rotatable bonds is 7. The van der Waals surface area contributed by atoms with E-state index < -0.39 is 5.25 Å². The van der Waals surface area contributed by atoms with Crippen molar-refractivity contribution in [3.05, 3.63) is 65.0 Å². The zero-order valence-electron chi connectivity index (χ0n) is 15.0. The normalized spacial score (nSPS) is 12.1. The molecule has 1 unspecified atom stereocenters. The summed E-state index contributed by atoms with van der Waals surface area (Å²) in [7, 11) is 0. The summed E-state index contributed by atoms with van der Waals surface area (Å²) in [5.74, 6) is -0.165. The van der Waals surface area contributed by atoms with Gasteiger partial charge in [0.1, 0.15) is 0 Å². The molecule has 7 heteroatoms. The van der Waals surface area contributed by atoms with Gasteiger partial charge in [0.25, 0.3) is 5.56 Å². The molecular weight excluding hydrogens is 362 g/mol. The first-order chi connectivity index (χ1) is 13.1. The van der Waals surface area contributed by atoms with Gasteiger partial charge in [0, 0.05) is 18.8 Å². The standard InChI is InChI=1S/C20H21N3O3S/c1-14(18(25)21-15-8-3-2-4-9-15)27-20-22-17-11-6-5-10-16(17)19(26)23(20)12-7-13-24/h2-6,8-11,14,24H,7,12-13H2,1H3,(H,21,25). The Morgan fingerprint density at radius 1 is 1.19 bits per heavy atom. The van der Waals surface area contributed by atoms with Crippen molar-refractivity contribution in [2.75, 3.05) is 11.9 Å². The van der Waals surface area contributed by atoms with Crippen LogP contribution in [0.1, 0.15) is 13.3 Å². The second kappa shape index (κ2) is 8.83. The van der Waals surface area contributed by atoms with Crippen LogP contribution in [0.5, 0.6) is 0 Å². The number of nitrogens with one attached hydrogen (secondary N) is 1. The van der Waals surface area contributed by atoms with Crippen LogP contribution >= 0.6 is 11.8 Å². The number of carbonyl (C=O) groups is 1. The molecule has 3 rings (SSSR count). The van der Waals surface area contributed by atoms with Gasteiger partial charge >= 0.3 is 0 Å². The first-order valence-electron chi connectivity index (χ1n) is 8.73. The number of aromatic nitrogens is 2. The zero-order chi connectivity index (χ0) is 19.2. The maximum atomic E-state index is 12.8. The van der Waals surface area contributed by atoms with Crippen LogP contribution in [0.15, 0.2) is 64.5 Å². The molecule has 1 atom stereocenters. The molecule has 1 heterocycles. The lowest BCUT2D eigenvalue weighted by molar-refractivity contribution is -0.115. The van der Waals surface area contributed by atoms with Gasteiger partial charge in [0.15, 0.2) is 5.16 Å². The number of nitrogens with zero attached hydrogens (tertiary/aromatic N) is 2. The molecule has 0 saturated heterocycles. The molecule has 140 valence electrons. The minimum Gasteiger partial charge on any atom is -0.396 e. The Morgan fingerprint density at radius 2 is 1.89 bits per heavy atom. The topological polar surface area (TPSA) is 84.2 Å². The van der Waals surface area contributed by atoms with Crippen LogP contribution in [-0.2, 0) is 11.3 Å². The summed E-state index contributed by atoms with van der Waals surface area (Å²) in [6.45, 7) is 2.11. The average Bonchev–Trinajstić information content (AvgIpc) is 2.68. The van der Waals surface area contributed by atoms with Crippen LogP contribution < -0.4 is 10.9 Å². The van der Waals surface area contributed by atoms with Crippen LogP contribution in [0.3, 0.4) is 0 Å². The Bertz CT molecular complexity index is 989. The minimum atomic E-state index is -0.446. The highest BCUT2D eigenvalue weighted by Gasteiger charge is 2.19. The molecule has 0 saturated carbocycles. The van der Waals surface area contributed by atoms with E-state index in [1.165, 1.54) is 16.3 Å². The maximum Gasteiger partial charge on any atom is 0.262 e. The highest BCUT2D eigenvalue weighted by Crippen LogP contribution is 2.23. The Balaban J connectivity index is 1.88. The highest BCUT2D eigenvalue weighted by atomic mass is 32.2. The van der Waals surface area contributed by atoms with Crippen molar-refractivity contribution >= 4 is 34.3 Å². The summed E-state index contributed by atoms with van der Waals surface area (Å²) in [6, 6.07) is 16.4. The molecule has 1 aromatic heterocycles. The third kappa shape index (κ3) is 4.56. The number of aliphatic hydroxyl groups is 1. The first kappa shape index (κ1) is 19.1. The summed E-state index contributed by atoms with van der Waals surface area (Å²) in [5.41, 5.74) is 1.16. The predicted octanol–water partition coefficient (Wildman–Crippen LogP) is 2.90. The molecule has 0 spiro atoms. The van der Waals surface area contributed by atoms with Crippen LogP contribution in [0.25, 0.3) is 10.9 Å². The number of aliphatic hydroxyl groups excluding tert-OH is 1. The number of para-hydroxylation sites is 2. The maximum absolute atomic E-state index is 12.8. The zero-order valence-corrected chi connectivity index (χ0v) is 15.8. The van der Waals surface area contributed by atoms with Crippen molar-refractivity contribution in [1.29, 1.82) is 0 Å². The molecule has 3 aromatic rings. The molecule has 0 bridgehead atoms. The van der Waals surface area contributed by atoms with E-state index in [2.05, 4.69) is 10.3 Å². The Hall–Kier alpha value is -2.64. The third-order valence-electron chi connectivity index (χ3n) is 4.06. The van der Waals surface area contributed by atoms with Gasteiger partial charge in [0.05, 0.1) is 16.2 Å². The Morgan fingerprint density at radius 3 is 2.63 bits per heavy atom. The van der Waals surface area contributed by atoms with Crippen LogP contribution in [-0.4, -0.2) is 32.4 Å². The molecule has 2 aromatic carbocycles. The van der Waals surface area contributed by atoms with E-state index in [1.807, 2.05) is 36.4 Å². The van der Waals surface area contributed by atoms with E-state index in [0.717, 1.165) is 5.69 Å². The lowest BCUT2D eigenvalue weighted by Crippen LogP contribution is -2.27. The van der Waals surface area contributed by atoms with Gasteiger partial charge in [-0.3, -0.25) is 14.2 Å². The monoisotopic (exact) mass is 383 g/mol. The Labute approximate surface area is 161 Å². The fourth-order valence-corrected chi connectivity index (χ4v) is 3.58. The van der Waals surface area contributed by atoms with Gasteiger partial charge in [-0.15, -0.1) is 0 Å². The second-order valence-electron chi connectivity index (χ2n) is 6.06. The van der Waals surface area contributed by atoms with E-state index in [-0.39, 0.29) is 18.1 Å². The number of amides is 1. The van der Waals surface area contributed by atoms with Crippen molar-refractivity contribution in [1.82, 2.24) is 9.55 Å². The number of carbonyl (C=O) groups excluding carboxylic acids is 1. The molecule has 6 nitrogen and oxygen atoms in total. The van der Waals surface area contributed by atoms with Gasteiger partial charge in [-0.05, 0) is 37.6 Å². The van der Waals surface area contributed by atoms with Crippen molar-refractivity contribution in [2.24, 2.45) is 0 Å². The summed E-state index contributed by atoms with van der Waals surface area (Å²) in [5, 5.41) is 12.6. The van der Waals surface area contributed by atoms with E-state index in [4.69, 9.17) is 5.11 Å². The van der Waals surface area contributed by atoms with Gasteiger partial charge in [-0.1, -0.05) is 42.1 Å². The molecule has 0 fully saturated rings. The lowest BCUT2D eigenvalue weighted by Gasteiger charge is -2.16. The second-order valence-corrected chi connectivity index (χ2v) is 7.37. The molecule has 27 heavy (non-hydrogen) atoms. The summed E-state index contributed by atoms with van der Waals surface area (Å²) >= 11 is 1.24. The van der Waals surface area contributed by atoms with Gasteiger partial charge in [0.2, 0.25) is 5.91 Å². The summed E-state index contributed by atoms with van der Waals surface area (Å²) < 4.78 is 1.54. The SMILES string of the molecule is CC(Sc1nc2ccccc2c(=O)n1CCCO)C(=O)Nc1ccccc1. The molecular formula is C20H21N3O3S. The van der Waals surface area contributed by atoms with Crippen LogP contribution in [0, 0.1) is 0 Å². The fourth-order valence-electron chi connectivity index (χ4n) is 2.64. The van der Waals surface area contributed by atoms with Crippen molar-refractivity contribution in [2.45, 2.75) is 30.3 Å². The molecule has 2 N–H and O–H groups in total. The predicted molar refractivity (Wildman–Crippen MR) is 108 cm³/mol. The number of anilines is 1. The number of benzene rings is 2. The van der Waals surface area contributed by atoms with Gasteiger partial charge in [-0.2, -0.15) is 0 Å². The Kier molecular flexibility index (Phi) is 6.26. The lowest BCUT2D eigenvalue weighted by atomic mass is 10.2. The van der Waals surface area contributed by atoms with Crippen molar-refractivity contribution in [3.63, 3.8) is 0 Å². The van der Waals surface area contributed by atoms with E-state index in [9.17, 15) is 9.59 Å². The highest BCUT2D eigenvalue weighted by molar-refractivity contribution is 8.00. The van der Waals surface area contributed by atoms with Crippen LogP contribution in [0.2, 0.25) is 0 Å². The molecule has 0 radical (unpaired) electrons. The summed E-state index contributed by atoms with van der Waals surface area (Å²) in [6.07, 6.45) is 0.443.